The van der Waals surface area contributed by atoms with Crippen LogP contribution in [0.3, 0.4) is 0 Å². The van der Waals surface area contributed by atoms with Gasteiger partial charge >= 0.3 is 0 Å². The molecule has 1 unspecified atom stereocenters. The molecule has 0 aliphatic heterocycles. The Morgan fingerprint density at radius 2 is 1.75 bits per heavy atom. The van der Waals surface area contributed by atoms with Crippen LogP contribution in [0, 0.1) is 5.82 Å². The Labute approximate surface area is 128 Å². The van der Waals surface area contributed by atoms with Crippen LogP contribution >= 0.6 is 23.2 Å². The first-order valence-electron chi connectivity index (χ1n) is 6.44. The van der Waals surface area contributed by atoms with Gasteiger partial charge in [-0.05, 0) is 55.3 Å². The number of hydrogen-bond acceptors (Lipinski definition) is 1. The second-order valence-electron chi connectivity index (χ2n) is 4.83. The second-order valence-corrected chi connectivity index (χ2v) is 5.67. The highest BCUT2D eigenvalue weighted by Crippen LogP contribution is 2.28. The maximum Gasteiger partial charge on any atom is 0.123 e. The molecule has 0 aliphatic rings. The minimum atomic E-state index is -0.232. The van der Waals surface area contributed by atoms with Crippen molar-refractivity contribution >= 4 is 23.2 Å². The monoisotopic (exact) mass is 311 g/mol. The van der Waals surface area contributed by atoms with Gasteiger partial charge in [0.15, 0.2) is 0 Å². The van der Waals surface area contributed by atoms with Crippen molar-refractivity contribution in [3.05, 3.63) is 69.5 Å². The molecule has 0 saturated carbocycles. The minimum absolute atomic E-state index is 0.00995. The molecule has 0 radical (unpaired) electrons. The summed E-state index contributed by atoms with van der Waals surface area (Å²) >= 11 is 12.2. The fourth-order valence-corrected chi connectivity index (χ4v) is 2.65. The van der Waals surface area contributed by atoms with Crippen molar-refractivity contribution in [2.24, 2.45) is 0 Å². The predicted octanol–water partition coefficient (Wildman–Crippen LogP) is 5.54. The van der Waals surface area contributed by atoms with Crippen LogP contribution in [0.1, 0.15) is 37.1 Å². The molecule has 0 aliphatic carbocycles. The molecular weight excluding hydrogens is 296 g/mol. The number of rotatable bonds is 4. The lowest BCUT2D eigenvalue weighted by Gasteiger charge is -2.22. The maximum absolute atomic E-state index is 13.2. The quantitative estimate of drug-likeness (QED) is 0.781. The van der Waals surface area contributed by atoms with Crippen LogP contribution in [0.25, 0.3) is 0 Å². The van der Waals surface area contributed by atoms with Crippen LogP contribution in [-0.4, -0.2) is 0 Å². The normalized spacial score (nSPS) is 14.1. The van der Waals surface area contributed by atoms with E-state index in [1.807, 2.05) is 26.0 Å². The van der Waals surface area contributed by atoms with Crippen molar-refractivity contribution in [3.8, 4) is 0 Å². The van der Waals surface area contributed by atoms with E-state index in [2.05, 4.69) is 5.32 Å². The summed E-state index contributed by atoms with van der Waals surface area (Å²) in [5.41, 5.74) is 1.83. The van der Waals surface area contributed by atoms with E-state index in [1.165, 1.54) is 12.1 Å². The molecule has 20 heavy (non-hydrogen) atoms. The molecule has 2 aromatic carbocycles. The third-order valence-electron chi connectivity index (χ3n) is 3.27. The lowest BCUT2D eigenvalue weighted by Crippen LogP contribution is -2.22. The highest BCUT2D eigenvalue weighted by atomic mass is 35.5. The average Bonchev–Trinajstić information content (AvgIpc) is 2.41. The molecule has 106 valence electrons. The molecule has 4 heteroatoms. The third-order valence-corrected chi connectivity index (χ3v) is 3.85. The van der Waals surface area contributed by atoms with Crippen molar-refractivity contribution < 1.29 is 4.39 Å². The summed E-state index contributed by atoms with van der Waals surface area (Å²) in [5.74, 6) is -0.232. The van der Waals surface area contributed by atoms with E-state index in [0.29, 0.717) is 10.0 Å². The number of nitrogens with one attached hydrogen (secondary N) is 1. The fourth-order valence-electron chi connectivity index (χ4n) is 2.18. The van der Waals surface area contributed by atoms with Gasteiger partial charge in [0.1, 0.15) is 5.82 Å². The van der Waals surface area contributed by atoms with Gasteiger partial charge in [-0.3, -0.25) is 0 Å². The van der Waals surface area contributed by atoms with Crippen LogP contribution in [0.5, 0.6) is 0 Å². The van der Waals surface area contributed by atoms with E-state index >= 15 is 0 Å². The van der Waals surface area contributed by atoms with E-state index in [-0.39, 0.29) is 17.9 Å². The molecule has 0 bridgehead atoms. The van der Waals surface area contributed by atoms with Gasteiger partial charge in [0.25, 0.3) is 0 Å². The number of hydrogen-bond donors (Lipinski definition) is 1. The first kappa shape index (κ1) is 15.3. The molecule has 0 fully saturated rings. The van der Waals surface area contributed by atoms with E-state index in [9.17, 15) is 4.39 Å². The standard InChI is InChI=1S/C16H16Cl2FN/c1-10(12-4-3-5-14(19)8-12)20-11(2)15-9-13(17)6-7-16(15)18/h3-11,20H,1-2H3/t10-,11?/m1/s1. The summed E-state index contributed by atoms with van der Waals surface area (Å²) in [6.07, 6.45) is 0. The topological polar surface area (TPSA) is 12.0 Å². The molecule has 2 atom stereocenters. The summed E-state index contributed by atoms with van der Waals surface area (Å²) in [6, 6.07) is 12.0. The Kier molecular flexibility index (Phi) is 5.03. The largest absolute Gasteiger partial charge is 0.304 e. The molecule has 0 aromatic heterocycles. The zero-order valence-corrected chi connectivity index (χ0v) is 12.8. The highest BCUT2D eigenvalue weighted by Gasteiger charge is 2.14. The van der Waals surface area contributed by atoms with Crippen molar-refractivity contribution in [1.82, 2.24) is 5.32 Å². The van der Waals surface area contributed by atoms with E-state index in [0.717, 1.165) is 11.1 Å². The first-order valence-corrected chi connectivity index (χ1v) is 7.19. The van der Waals surface area contributed by atoms with Crippen LogP contribution < -0.4 is 5.32 Å². The molecule has 0 spiro atoms. The Morgan fingerprint density at radius 1 is 1.00 bits per heavy atom. The smallest absolute Gasteiger partial charge is 0.123 e. The van der Waals surface area contributed by atoms with Crippen LogP contribution in [0.15, 0.2) is 42.5 Å². The Bertz CT molecular complexity index is 601. The van der Waals surface area contributed by atoms with Gasteiger partial charge in [-0.25, -0.2) is 4.39 Å². The Hall–Kier alpha value is -1.09. The fraction of sp³-hybridized carbons (Fsp3) is 0.250. The van der Waals surface area contributed by atoms with Gasteiger partial charge in [0, 0.05) is 22.1 Å². The summed E-state index contributed by atoms with van der Waals surface area (Å²) in [7, 11) is 0. The van der Waals surface area contributed by atoms with Crippen molar-refractivity contribution in [3.63, 3.8) is 0 Å². The van der Waals surface area contributed by atoms with Gasteiger partial charge in [-0.1, -0.05) is 35.3 Å². The van der Waals surface area contributed by atoms with Crippen LogP contribution in [0.4, 0.5) is 4.39 Å². The summed E-state index contributed by atoms with van der Waals surface area (Å²) in [4.78, 5) is 0. The summed E-state index contributed by atoms with van der Waals surface area (Å²) in [6.45, 7) is 4.00. The van der Waals surface area contributed by atoms with Crippen molar-refractivity contribution in [2.45, 2.75) is 25.9 Å². The molecule has 2 rings (SSSR count). The highest BCUT2D eigenvalue weighted by molar-refractivity contribution is 6.33. The number of benzene rings is 2. The van der Waals surface area contributed by atoms with E-state index in [1.54, 1.807) is 18.2 Å². The van der Waals surface area contributed by atoms with Gasteiger partial charge in [0.05, 0.1) is 0 Å². The molecule has 0 heterocycles. The zero-order chi connectivity index (χ0) is 14.7. The van der Waals surface area contributed by atoms with Crippen LogP contribution in [-0.2, 0) is 0 Å². The Morgan fingerprint density at radius 3 is 2.45 bits per heavy atom. The summed E-state index contributed by atoms with van der Waals surface area (Å²) < 4.78 is 13.2. The average molecular weight is 312 g/mol. The molecule has 2 aromatic rings. The Balaban J connectivity index is 2.15. The van der Waals surface area contributed by atoms with Gasteiger partial charge in [0.2, 0.25) is 0 Å². The minimum Gasteiger partial charge on any atom is -0.304 e. The molecule has 1 N–H and O–H groups in total. The molecule has 0 saturated heterocycles. The molecular formula is C16H16Cl2FN. The SMILES string of the molecule is CC(N[C@H](C)c1cccc(F)c1)c1cc(Cl)ccc1Cl. The van der Waals surface area contributed by atoms with Crippen LogP contribution in [0.2, 0.25) is 10.0 Å². The maximum atomic E-state index is 13.2. The zero-order valence-electron chi connectivity index (χ0n) is 11.3. The van der Waals surface area contributed by atoms with E-state index in [4.69, 9.17) is 23.2 Å². The van der Waals surface area contributed by atoms with Crippen molar-refractivity contribution in [1.29, 1.82) is 0 Å². The molecule has 0 amide bonds. The van der Waals surface area contributed by atoms with E-state index < -0.39 is 0 Å². The summed E-state index contributed by atoms with van der Waals surface area (Å²) in [5, 5.41) is 4.71. The van der Waals surface area contributed by atoms with Crippen molar-refractivity contribution in [2.75, 3.05) is 0 Å². The molecule has 1 nitrogen and oxygen atoms in total. The van der Waals surface area contributed by atoms with Gasteiger partial charge in [-0.2, -0.15) is 0 Å². The predicted molar refractivity (Wildman–Crippen MR) is 82.8 cm³/mol. The lowest BCUT2D eigenvalue weighted by molar-refractivity contribution is 0.492. The first-order chi connectivity index (χ1) is 9.47. The van der Waals surface area contributed by atoms with Gasteiger partial charge < -0.3 is 5.32 Å². The lowest BCUT2D eigenvalue weighted by atomic mass is 10.0. The van der Waals surface area contributed by atoms with Gasteiger partial charge in [-0.15, -0.1) is 0 Å². The second kappa shape index (κ2) is 6.57. The number of halogens is 3. The third kappa shape index (κ3) is 3.72.